The van der Waals surface area contributed by atoms with Crippen LogP contribution >= 0.6 is 0 Å². The topological polar surface area (TPSA) is 49.4 Å². The number of hydrogen-bond donors (Lipinski definition) is 1. The van der Waals surface area contributed by atoms with Gasteiger partial charge in [-0.3, -0.25) is 9.69 Å². The number of rotatable bonds is 1. The van der Waals surface area contributed by atoms with Gasteiger partial charge in [-0.1, -0.05) is 19.3 Å². The fraction of sp³-hybridized carbons (Fsp3) is 0.846. The van der Waals surface area contributed by atoms with Gasteiger partial charge in [-0.25, -0.2) is 4.79 Å². The highest BCUT2D eigenvalue weighted by Crippen LogP contribution is 2.41. The largest absolute Gasteiger partial charge is 0.337 e. The Hall–Kier alpha value is -1.06. The molecule has 4 nitrogen and oxygen atoms in total. The Bertz CT molecular complexity index is 343. The lowest BCUT2D eigenvalue weighted by molar-refractivity contribution is -0.146. The molecule has 3 amide bonds. The van der Waals surface area contributed by atoms with Crippen molar-refractivity contribution in [2.45, 2.75) is 57.4 Å². The van der Waals surface area contributed by atoms with Crippen LogP contribution in [0, 0.1) is 5.41 Å². The van der Waals surface area contributed by atoms with E-state index >= 15 is 0 Å². The van der Waals surface area contributed by atoms with Crippen molar-refractivity contribution < 1.29 is 9.59 Å². The van der Waals surface area contributed by atoms with Gasteiger partial charge in [-0.05, 0) is 32.1 Å². The maximum Gasteiger partial charge on any atom is 0.324 e. The minimum absolute atomic E-state index is 0.116. The van der Waals surface area contributed by atoms with Gasteiger partial charge in [0.05, 0.1) is 5.41 Å². The van der Waals surface area contributed by atoms with Crippen LogP contribution in [-0.2, 0) is 4.79 Å². The lowest BCUT2D eigenvalue weighted by atomic mass is 9.71. The summed E-state index contributed by atoms with van der Waals surface area (Å²) in [5, 5.41) is 2.94. The molecule has 3 aliphatic rings. The highest BCUT2D eigenvalue weighted by atomic mass is 16.2. The molecule has 0 unspecified atom stereocenters. The summed E-state index contributed by atoms with van der Waals surface area (Å²) >= 11 is 0. The number of nitrogens with zero attached hydrogens (tertiary/aromatic N) is 1. The van der Waals surface area contributed by atoms with Crippen LogP contribution in [0.25, 0.3) is 0 Å². The van der Waals surface area contributed by atoms with Crippen LogP contribution in [-0.4, -0.2) is 29.4 Å². The highest BCUT2D eigenvalue weighted by molar-refractivity contribution is 6.00. The first-order chi connectivity index (χ1) is 8.23. The third-order valence-electron chi connectivity index (χ3n) is 4.72. The Labute approximate surface area is 102 Å². The van der Waals surface area contributed by atoms with Crippen molar-refractivity contribution in [3.63, 3.8) is 0 Å². The standard InChI is InChI=1S/C13H20N2O2/c16-11-13(7-2-1-3-8-13)9-14-12(17)15(11)10-5-4-6-10/h10H,1-9H2,(H,14,17). The first kappa shape index (κ1) is 11.1. The van der Waals surface area contributed by atoms with Crippen LogP contribution in [0.5, 0.6) is 0 Å². The van der Waals surface area contributed by atoms with Gasteiger partial charge in [-0.2, -0.15) is 0 Å². The Kier molecular flexibility index (Phi) is 2.60. The molecule has 1 heterocycles. The van der Waals surface area contributed by atoms with Crippen molar-refractivity contribution in [1.29, 1.82) is 0 Å². The zero-order chi connectivity index (χ0) is 11.9. The predicted molar refractivity (Wildman–Crippen MR) is 63.4 cm³/mol. The Balaban J connectivity index is 1.83. The van der Waals surface area contributed by atoms with Crippen molar-refractivity contribution in [2.75, 3.05) is 6.54 Å². The van der Waals surface area contributed by atoms with E-state index in [1.54, 1.807) is 4.90 Å². The van der Waals surface area contributed by atoms with Crippen LogP contribution in [0.15, 0.2) is 0 Å². The van der Waals surface area contributed by atoms with E-state index in [-0.39, 0.29) is 23.4 Å². The van der Waals surface area contributed by atoms with E-state index in [1.807, 2.05) is 0 Å². The zero-order valence-electron chi connectivity index (χ0n) is 10.2. The molecule has 4 heteroatoms. The average molecular weight is 236 g/mol. The van der Waals surface area contributed by atoms with E-state index in [0.717, 1.165) is 44.9 Å². The van der Waals surface area contributed by atoms with Gasteiger partial charge < -0.3 is 5.32 Å². The van der Waals surface area contributed by atoms with Gasteiger partial charge in [0.25, 0.3) is 0 Å². The van der Waals surface area contributed by atoms with Gasteiger partial charge in [-0.15, -0.1) is 0 Å². The maximum atomic E-state index is 12.6. The summed E-state index contributed by atoms with van der Waals surface area (Å²) in [4.78, 5) is 26.0. The van der Waals surface area contributed by atoms with Crippen molar-refractivity contribution >= 4 is 11.9 Å². The summed E-state index contributed by atoms with van der Waals surface area (Å²) in [6, 6.07) is 0.0255. The number of amides is 3. The molecule has 2 aliphatic carbocycles. The molecule has 3 rings (SSSR count). The summed E-state index contributed by atoms with van der Waals surface area (Å²) in [5.74, 6) is 0.116. The smallest absolute Gasteiger partial charge is 0.324 e. The minimum Gasteiger partial charge on any atom is -0.337 e. The lowest BCUT2D eigenvalue weighted by Gasteiger charge is -2.47. The lowest BCUT2D eigenvalue weighted by Crippen LogP contribution is -2.64. The van der Waals surface area contributed by atoms with Crippen LogP contribution in [0.3, 0.4) is 0 Å². The number of carbonyl (C=O) groups excluding carboxylic acids is 2. The molecule has 1 N–H and O–H groups in total. The van der Waals surface area contributed by atoms with Crippen LogP contribution in [0.2, 0.25) is 0 Å². The number of hydrogen-bond acceptors (Lipinski definition) is 2. The second kappa shape index (κ2) is 4.00. The maximum absolute atomic E-state index is 12.6. The normalized spacial score (nSPS) is 29.1. The Morgan fingerprint density at radius 2 is 1.76 bits per heavy atom. The number of nitrogens with one attached hydrogen (secondary N) is 1. The minimum atomic E-state index is -0.262. The summed E-state index contributed by atoms with van der Waals surface area (Å²) in [5.41, 5.74) is -0.262. The fourth-order valence-electron chi connectivity index (χ4n) is 3.35. The van der Waals surface area contributed by atoms with E-state index in [4.69, 9.17) is 0 Å². The summed E-state index contributed by atoms with van der Waals surface area (Å²) in [6.45, 7) is 0.563. The molecule has 0 radical (unpaired) electrons. The molecule has 0 atom stereocenters. The summed E-state index contributed by atoms with van der Waals surface area (Å²) in [7, 11) is 0. The van der Waals surface area contributed by atoms with Gasteiger partial charge >= 0.3 is 6.03 Å². The van der Waals surface area contributed by atoms with E-state index < -0.39 is 0 Å². The average Bonchev–Trinajstić information content (AvgIpc) is 2.29. The zero-order valence-corrected chi connectivity index (χ0v) is 10.2. The number of imide groups is 1. The van der Waals surface area contributed by atoms with E-state index in [9.17, 15) is 9.59 Å². The predicted octanol–water partition coefficient (Wildman–Crippen LogP) is 2.04. The first-order valence-corrected chi connectivity index (χ1v) is 6.84. The molecule has 1 aliphatic heterocycles. The van der Waals surface area contributed by atoms with E-state index in [2.05, 4.69) is 5.32 Å². The van der Waals surface area contributed by atoms with Crippen LogP contribution in [0.4, 0.5) is 4.79 Å². The van der Waals surface area contributed by atoms with Crippen molar-refractivity contribution in [1.82, 2.24) is 10.2 Å². The van der Waals surface area contributed by atoms with Gasteiger partial charge in [0.15, 0.2) is 0 Å². The van der Waals surface area contributed by atoms with Crippen molar-refractivity contribution in [3.05, 3.63) is 0 Å². The van der Waals surface area contributed by atoms with E-state index in [0.29, 0.717) is 6.54 Å². The second-order valence-electron chi connectivity index (χ2n) is 5.76. The molecule has 94 valence electrons. The summed E-state index contributed by atoms with van der Waals surface area (Å²) in [6.07, 6.45) is 8.52. The third kappa shape index (κ3) is 1.65. The van der Waals surface area contributed by atoms with Crippen LogP contribution in [0.1, 0.15) is 51.4 Å². The van der Waals surface area contributed by atoms with Gasteiger partial charge in [0.1, 0.15) is 0 Å². The molecular formula is C13H20N2O2. The SMILES string of the molecule is O=C1NCC2(CCCCC2)C(=O)N1C1CCC1. The molecule has 0 aromatic heterocycles. The van der Waals surface area contributed by atoms with Crippen molar-refractivity contribution in [2.24, 2.45) is 5.41 Å². The Morgan fingerprint density at radius 1 is 1.06 bits per heavy atom. The number of urea groups is 1. The quantitative estimate of drug-likeness (QED) is 0.757. The molecule has 3 fully saturated rings. The molecular weight excluding hydrogens is 216 g/mol. The molecule has 2 saturated carbocycles. The highest BCUT2D eigenvalue weighted by Gasteiger charge is 2.50. The third-order valence-corrected chi connectivity index (χ3v) is 4.72. The number of carbonyl (C=O) groups is 2. The molecule has 1 saturated heterocycles. The first-order valence-electron chi connectivity index (χ1n) is 6.84. The second-order valence-corrected chi connectivity index (χ2v) is 5.76. The van der Waals surface area contributed by atoms with Crippen molar-refractivity contribution in [3.8, 4) is 0 Å². The fourth-order valence-corrected chi connectivity index (χ4v) is 3.35. The molecule has 1 spiro atoms. The molecule has 17 heavy (non-hydrogen) atoms. The Morgan fingerprint density at radius 3 is 2.35 bits per heavy atom. The monoisotopic (exact) mass is 236 g/mol. The molecule has 0 bridgehead atoms. The van der Waals surface area contributed by atoms with Gasteiger partial charge in [0.2, 0.25) is 5.91 Å². The summed E-state index contributed by atoms with van der Waals surface area (Å²) < 4.78 is 0. The van der Waals surface area contributed by atoms with Crippen LogP contribution < -0.4 is 5.32 Å². The van der Waals surface area contributed by atoms with E-state index in [1.165, 1.54) is 6.42 Å². The molecule has 0 aromatic carbocycles. The molecule has 0 aromatic rings. The van der Waals surface area contributed by atoms with Gasteiger partial charge in [0, 0.05) is 12.6 Å².